The molecule has 7 heteroatoms. The molecule has 2 heterocycles. The highest BCUT2D eigenvalue weighted by atomic mass is 16.5. The minimum absolute atomic E-state index is 0.262. The van der Waals surface area contributed by atoms with E-state index in [0.29, 0.717) is 24.5 Å². The summed E-state index contributed by atoms with van der Waals surface area (Å²) < 4.78 is 5.92. The van der Waals surface area contributed by atoms with Gasteiger partial charge in [0.05, 0.1) is 18.4 Å². The maximum absolute atomic E-state index is 11.4. The molecule has 0 radical (unpaired) electrons. The van der Waals surface area contributed by atoms with E-state index in [1.807, 2.05) is 0 Å². The molecule has 0 atom stereocenters. The smallest absolute Gasteiger partial charge is 0.341 e. The van der Waals surface area contributed by atoms with Gasteiger partial charge in [-0.05, 0) is 13.0 Å². The van der Waals surface area contributed by atoms with Crippen LogP contribution in [0.25, 0.3) is 11.5 Å². The van der Waals surface area contributed by atoms with Gasteiger partial charge in [-0.3, -0.25) is 4.79 Å². The molecule has 18 heavy (non-hydrogen) atoms. The molecule has 0 saturated carbocycles. The SMILES string of the molecule is CCOC(=O)c1cnc(-c2ccnn2C=O)nc1. The maximum Gasteiger partial charge on any atom is 0.341 e. The van der Waals surface area contributed by atoms with E-state index in [4.69, 9.17) is 4.74 Å². The Morgan fingerprint density at radius 2 is 2.17 bits per heavy atom. The number of aromatic nitrogens is 4. The van der Waals surface area contributed by atoms with Crippen LogP contribution in [-0.2, 0) is 9.53 Å². The summed E-state index contributed by atoms with van der Waals surface area (Å²) >= 11 is 0. The van der Waals surface area contributed by atoms with E-state index in [1.165, 1.54) is 18.6 Å². The molecular weight excluding hydrogens is 236 g/mol. The zero-order valence-corrected chi connectivity index (χ0v) is 9.61. The fraction of sp³-hybridized carbons (Fsp3) is 0.182. The molecule has 2 aromatic rings. The Kier molecular flexibility index (Phi) is 3.42. The number of esters is 1. The zero-order chi connectivity index (χ0) is 13.0. The Balaban J connectivity index is 2.27. The summed E-state index contributed by atoms with van der Waals surface area (Å²) in [6.45, 7) is 2.01. The van der Waals surface area contributed by atoms with E-state index in [-0.39, 0.29) is 5.56 Å². The van der Waals surface area contributed by atoms with E-state index in [2.05, 4.69) is 15.1 Å². The van der Waals surface area contributed by atoms with Gasteiger partial charge >= 0.3 is 5.97 Å². The standard InChI is InChI=1S/C11H10N4O3/c1-2-18-11(17)8-5-12-10(13-6-8)9-3-4-14-15(9)7-16/h3-7H,2H2,1H3. The summed E-state index contributed by atoms with van der Waals surface area (Å²) in [5.74, 6) is -0.166. The van der Waals surface area contributed by atoms with Crippen LogP contribution in [0.4, 0.5) is 0 Å². The van der Waals surface area contributed by atoms with Crippen molar-refractivity contribution < 1.29 is 14.3 Å². The first-order valence-corrected chi connectivity index (χ1v) is 5.24. The summed E-state index contributed by atoms with van der Waals surface area (Å²) in [5, 5.41) is 3.78. The van der Waals surface area contributed by atoms with Gasteiger partial charge in [-0.25, -0.2) is 14.8 Å². The van der Waals surface area contributed by atoms with E-state index in [9.17, 15) is 9.59 Å². The molecule has 0 bridgehead atoms. The van der Waals surface area contributed by atoms with Crippen molar-refractivity contribution in [1.29, 1.82) is 0 Å². The van der Waals surface area contributed by atoms with E-state index in [0.717, 1.165) is 4.68 Å². The van der Waals surface area contributed by atoms with Crippen molar-refractivity contribution in [3.05, 3.63) is 30.2 Å². The predicted octanol–water partition coefficient (Wildman–Crippen LogP) is 0.555. The minimum atomic E-state index is -0.479. The van der Waals surface area contributed by atoms with Crippen LogP contribution in [0.1, 0.15) is 17.3 Å². The molecular formula is C11H10N4O3. The van der Waals surface area contributed by atoms with Crippen LogP contribution in [0.3, 0.4) is 0 Å². The molecule has 0 unspecified atom stereocenters. The van der Waals surface area contributed by atoms with Crippen molar-refractivity contribution >= 4 is 12.4 Å². The maximum atomic E-state index is 11.4. The Hall–Kier alpha value is -2.57. The van der Waals surface area contributed by atoms with Gasteiger partial charge < -0.3 is 4.74 Å². The first kappa shape index (κ1) is 11.9. The van der Waals surface area contributed by atoms with Crippen LogP contribution in [0.5, 0.6) is 0 Å². The average Bonchev–Trinajstić information content (AvgIpc) is 2.87. The molecule has 0 N–H and O–H groups in total. The third-order valence-corrected chi connectivity index (χ3v) is 2.16. The van der Waals surface area contributed by atoms with Crippen molar-refractivity contribution in [2.24, 2.45) is 0 Å². The number of carbonyl (C=O) groups is 2. The second-order valence-electron chi connectivity index (χ2n) is 3.28. The van der Waals surface area contributed by atoms with E-state index < -0.39 is 5.97 Å². The quantitative estimate of drug-likeness (QED) is 0.578. The third kappa shape index (κ3) is 2.24. The van der Waals surface area contributed by atoms with E-state index in [1.54, 1.807) is 13.0 Å². The second kappa shape index (κ2) is 5.17. The zero-order valence-electron chi connectivity index (χ0n) is 9.61. The number of rotatable bonds is 4. The minimum Gasteiger partial charge on any atom is -0.462 e. The molecule has 2 aromatic heterocycles. The average molecular weight is 246 g/mol. The molecule has 2 rings (SSSR count). The molecule has 0 spiro atoms. The summed E-state index contributed by atoms with van der Waals surface area (Å²) in [4.78, 5) is 30.1. The van der Waals surface area contributed by atoms with Gasteiger partial charge in [0.25, 0.3) is 0 Å². The molecule has 0 aliphatic rings. The lowest BCUT2D eigenvalue weighted by Gasteiger charge is -2.02. The largest absolute Gasteiger partial charge is 0.462 e. The lowest BCUT2D eigenvalue weighted by Crippen LogP contribution is -2.07. The van der Waals surface area contributed by atoms with Crippen LogP contribution in [0.15, 0.2) is 24.7 Å². The fourth-order valence-electron chi connectivity index (χ4n) is 1.36. The number of carbonyl (C=O) groups excluding carboxylic acids is 2. The van der Waals surface area contributed by atoms with Crippen LogP contribution >= 0.6 is 0 Å². The molecule has 0 aliphatic heterocycles. The molecule has 0 saturated heterocycles. The van der Waals surface area contributed by atoms with Gasteiger partial charge in [0, 0.05) is 12.4 Å². The number of hydrogen-bond donors (Lipinski definition) is 0. The molecule has 0 aliphatic carbocycles. The summed E-state index contributed by atoms with van der Waals surface area (Å²) in [5.41, 5.74) is 0.721. The highest BCUT2D eigenvalue weighted by Gasteiger charge is 2.11. The molecule has 0 fully saturated rings. The van der Waals surface area contributed by atoms with Gasteiger partial charge in [-0.1, -0.05) is 0 Å². The number of ether oxygens (including phenoxy) is 1. The monoisotopic (exact) mass is 246 g/mol. The van der Waals surface area contributed by atoms with Crippen molar-refractivity contribution in [1.82, 2.24) is 19.7 Å². The molecule has 92 valence electrons. The Morgan fingerprint density at radius 3 is 2.78 bits per heavy atom. The van der Waals surface area contributed by atoms with Gasteiger partial charge in [-0.2, -0.15) is 9.78 Å². The summed E-state index contributed by atoms with van der Waals surface area (Å²) in [6.07, 6.45) is 4.72. The van der Waals surface area contributed by atoms with Crippen LogP contribution < -0.4 is 0 Å². The molecule has 7 nitrogen and oxygen atoms in total. The van der Waals surface area contributed by atoms with Crippen LogP contribution in [-0.4, -0.2) is 38.7 Å². The van der Waals surface area contributed by atoms with Crippen LogP contribution in [0.2, 0.25) is 0 Å². The number of nitrogens with zero attached hydrogens (tertiary/aromatic N) is 4. The highest BCUT2D eigenvalue weighted by Crippen LogP contribution is 2.12. The van der Waals surface area contributed by atoms with Gasteiger partial charge in [0.2, 0.25) is 6.41 Å². The first-order valence-electron chi connectivity index (χ1n) is 5.24. The van der Waals surface area contributed by atoms with Gasteiger partial charge in [-0.15, -0.1) is 0 Å². The predicted molar refractivity (Wildman–Crippen MR) is 61.4 cm³/mol. The summed E-state index contributed by atoms with van der Waals surface area (Å²) in [6, 6.07) is 1.60. The number of hydrogen-bond acceptors (Lipinski definition) is 6. The Labute approximate surface area is 102 Å². The van der Waals surface area contributed by atoms with Crippen LogP contribution in [0, 0.1) is 0 Å². The molecule has 0 amide bonds. The van der Waals surface area contributed by atoms with Crippen molar-refractivity contribution in [2.45, 2.75) is 6.92 Å². The lowest BCUT2D eigenvalue weighted by molar-refractivity contribution is 0.0525. The van der Waals surface area contributed by atoms with Gasteiger partial charge in [0.1, 0.15) is 5.69 Å². The van der Waals surface area contributed by atoms with Crippen molar-refractivity contribution in [2.75, 3.05) is 6.61 Å². The third-order valence-electron chi connectivity index (χ3n) is 2.16. The molecule has 0 aromatic carbocycles. The normalized spacial score (nSPS) is 10.1. The second-order valence-corrected chi connectivity index (χ2v) is 3.28. The fourth-order valence-corrected chi connectivity index (χ4v) is 1.36. The Morgan fingerprint density at radius 1 is 1.44 bits per heavy atom. The topological polar surface area (TPSA) is 87.0 Å². The summed E-state index contributed by atoms with van der Waals surface area (Å²) in [7, 11) is 0. The van der Waals surface area contributed by atoms with Gasteiger partial charge in [0.15, 0.2) is 5.82 Å². The highest BCUT2D eigenvalue weighted by molar-refractivity contribution is 5.88. The van der Waals surface area contributed by atoms with Crippen molar-refractivity contribution in [3.8, 4) is 11.5 Å². The van der Waals surface area contributed by atoms with E-state index >= 15 is 0 Å². The Bertz CT molecular complexity index is 562. The van der Waals surface area contributed by atoms with Crippen molar-refractivity contribution in [3.63, 3.8) is 0 Å². The lowest BCUT2D eigenvalue weighted by atomic mass is 10.3. The first-order chi connectivity index (χ1) is 8.76.